The van der Waals surface area contributed by atoms with Crippen LogP contribution in [0.1, 0.15) is 11.1 Å². The van der Waals surface area contributed by atoms with Gasteiger partial charge in [-0.3, -0.25) is 4.79 Å². The van der Waals surface area contributed by atoms with Crippen LogP contribution in [-0.4, -0.2) is 48.4 Å². The monoisotopic (exact) mass is 367 g/mol. The Morgan fingerprint density at radius 1 is 1.00 bits per heavy atom. The van der Waals surface area contributed by atoms with Gasteiger partial charge < -0.3 is 19.1 Å². The van der Waals surface area contributed by atoms with Crippen LogP contribution in [-0.2, 0) is 36.8 Å². The van der Waals surface area contributed by atoms with E-state index in [-0.39, 0.29) is 11.9 Å². The Hall–Kier alpha value is -2.70. The van der Waals surface area contributed by atoms with Crippen molar-refractivity contribution in [3.05, 3.63) is 71.8 Å². The third kappa shape index (κ3) is 3.46. The van der Waals surface area contributed by atoms with Crippen LogP contribution in [0.4, 0.5) is 0 Å². The van der Waals surface area contributed by atoms with Crippen LogP contribution in [0.5, 0.6) is 0 Å². The van der Waals surface area contributed by atoms with Gasteiger partial charge >= 0.3 is 5.97 Å². The van der Waals surface area contributed by atoms with Crippen LogP contribution in [0.15, 0.2) is 60.7 Å². The summed E-state index contributed by atoms with van der Waals surface area (Å²) in [5.41, 5.74) is 2.08. The molecule has 0 saturated carbocycles. The summed E-state index contributed by atoms with van der Waals surface area (Å²) in [6.07, 6.45) is -2.07. The largest absolute Gasteiger partial charge is 0.467 e. The smallest absolute Gasteiger partial charge is 0.338 e. The SMILES string of the molecule is COC(=O)[C@H]1O[C@H]2O[C@@H]1C(=O)N(Cc1ccccc1)[C@H]2Cc1ccccc1. The van der Waals surface area contributed by atoms with Crippen molar-refractivity contribution in [3.8, 4) is 0 Å². The van der Waals surface area contributed by atoms with Gasteiger partial charge in [0.2, 0.25) is 0 Å². The van der Waals surface area contributed by atoms with Gasteiger partial charge in [0.1, 0.15) is 0 Å². The lowest BCUT2D eigenvalue weighted by molar-refractivity contribution is -0.177. The highest BCUT2D eigenvalue weighted by molar-refractivity contribution is 5.90. The summed E-state index contributed by atoms with van der Waals surface area (Å²) in [7, 11) is 1.28. The normalized spacial score (nSPS) is 26.9. The second-order valence-electron chi connectivity index (χ2n) is 6.71. The molecule has 0 spiro atoms. The number of nitrogens with zero attached hydrogens (tertiary/aromatic N) is 1. The first kappa shape index (κ1) is 17.7. The number of amides is 1. The number of carbonyl (C=O) groups is 2. The van der Waals surface area contributed by atoms with Crippen molar-refractivity contribution in [2.24, 2.45) is 0 Å². The van der Waals surface area contributed by atoms with Crippen molar-refractivity contribution in [2.75, 3.05) is 7.11 Å². The average Bonchev–Trinajstić information content (AvgIpc) is 3.12. The predicted molar refractivity (Wildman–Crippen MR) is 96.5 cm³/mol. The van der Waals surface area contributed by atoms with E-state index in [1.165, 1.54) is 7.11 Å². The maximum atomic E-state index is 13.1. The zero-order chi connectivity index (χ0) is 18.8. The highest BCUT2D eigenvalue weighted by Gasteiger charge is 2.55. The standard InChI is InChI=1S/C21H21NO5/c1-25-20(24)18-17-19(23)22(13-15-10-6-3-7-11-15)16(21(26-17)27-18)12-14-8-4-2-5-9-14/h2-11,16-18,21H,12-13H2,1H3/t16-,17-,18-,21+/m0/s1. The Kier molecular flexibility index (Phi) is 4.92. The fourth-order valence-corrected chi connectivity index (χ4v) is 3.64. The summed E-state index contributed by atoms with van der Waals surface area (Å²) in [4.78, 5) is 26.9. The second kappa shape index (κ2) is 7.50. The van der Waals surface area contributed by atoms with Gasteiger partial charge in [0.05, 0.1) is 13.2 Å². The number of morpholine rings is 1. The molecule has 0 N–H and O–H groups in total. The quantitative estimate of drug-likeness (QED) is 0.756. The third-order valence-electron chi connectivity index (χ3n) is 4.99. The molecule has 0 radical (unpaired) electrons. The van der Waals surface area contributed by atoms with Gasteiger partial charge in [-0.1, -0.05) is 60.7 Å². The number of methoxy groups -OCH3 is 1. The van der Waals surface area contributed by atoms with Crippen LogP contribution in [0.25, 0.3) is 0 Å². The van der Waals surface area contributed by atoms with E-state index < -0.39 is 24.5 Å². The molecule has 1 amide bonds. The second-order valence-corrected chi connectivity index (χ2v) is 6.71. The van der Waals surface area contributed by atoms with Crippen molar-refractivity contribution in [2.45, 2.75) is 37.5 Å². The number of hydrogen-bond donors (Lipinski definition) is 0. The molecule has 2 aromatic carbocycles. The molecule has 4 atom stereocenters. The molecule has 2 aliphatic heterocycles. The maximum Gasteiger partial charge on any atom is 0.338 e. The van der Waals surface area contributed by atoms with Gasteiger partial charge in [-0.2, -0.15) is 0 Å². The topological polar surface area (TPSA) is 65.1 Å². The lowest BCUT2D eigenvalue weighted by Gasteiger charge is -2.38. The van der Waals surface area contributed by atoms with Crippen LogP contribution in [0.3, 0.4) is 0 Å². The van der Waals surface area contributed by atoms with Crippen LogP contribution in [0, 0.1) is 0 Å². The lowest BCUT2D eigenvalue weighted by Crippen LogP contribution is -2.56. The molecule has 2 aromatic rings. The molecule has 2 saturated heterocycles. The maximum absolute atomic E-state index is 13.1. The first-order chi connectivity index (χ1) is 13.2. The van der Waals surface area contributed by atoms with Crippen LogP contribution in [0.2, 0.25) is 0 Å². The molecule has 0 unspecified atom stereocenters. The number of rotatable bonds is 5. The van der Waals surface area contributed by atoms with Gasteiger partial charge in [0.25, 0.3) is 5.91 Å². The summed E-state index contributed by atoms with van der Waals surface area (Å²) in [5.74, 6) is -0.834. The Morgan fingerprint density at radius 3 is 2.26 bits per heavy atom. The highest BCUT2D eigenvalue weighted by atomic mass is 16.7. The number of hydrogen-bond acceptors (Lipinski definition) is 5. The number of esters is 1. The summed E-state index contributed by atoms with van der Waals surface area (Å²) in [5, 5.41) is 0. The van der Waals surface area contributed by atoms with E-state index in [4.69, 9.17) is 14.2 Å². The van der Waals surface area contributed by atoms with Crippen molar-refractivity contribution in [3.63, 3.8) is 0 Å². The number of benzene rings is 2. The molecule has 4 rings (SSSR count). The molecule has 140 valence electrons. The summed E-state index contributed by atoms with van der Waals surface area (Å²) < 4.78 is 16.4. The van der Waals surface area contributed by atoms with Gasteiger partial charge in [-0.05, 0) is 17.5 Å². The van der Waals surface area contributed by atoms with E-state index in [0.29, 0.717) is 13.0 Å². The summed E-state index contributed by atoms with van der Waals surface area (Å²) in [6, 6.07) is 19.3. The van der Waals surface area contributed by atoms with Crippen LogP contribution >= 0.6 is 0 Å². The predicted octanol–water partition coefficient (Wildman–Crippen LogP) is 1.92. The van der Waals surface area contributed by atoms with E-state index in [1.807, 2.05) is 60.7 Å². The minimum Gasteiger partial charge on any atom is -0.467 e. The van der Waals surface area contributed by atoms with Gasteiger partial charge in [-0.25, -0.2) is 4.79 Å². The fraction of sp³-hybridized carbons (Fsp3) is 0.333. The molecule has 2 heterocycles. The molecular formula is C21H21NO5. The zero-order valence-corrected chi connectivity index (χ0v) is 15.0. The molecule has 2 bridgehead atoms. The lowest BCUT2D eigenvalue weighted by atomic mass is 10.0. The van der Waals surface area contributed by atoms with E-state index >= 15 is 0 Å². The first-order valence-corrected chi connectivity index (χ1v) is 8.94. The zero-order valence-electron chi connectivity index (χ0n) is 15.0. The molecule has 2 fully saturated rings. The van der Waals surface area contributed by atoms with E-state index in [0.717, 1.165) is 11.1 Å². The number of fused-ring (bicyclic) bond motifs is 2. The number of ether oxygens (including phenoxy) is 3. The van der Waals surface area contributed by atoms with Gasteiger partial charge in [0, 0.05) is 6.54 Å². The van der Waals surface area contributed by atoms with Crippen molar-refractivity contribution in [1.29, 1.82) is 0 Å². The molecule has 6 nitrogen and oxygen atoms in total. The Bertz CT molecular complexity index is 810. The average molecular weight is 367 g/mol. The molecule has 0 aliphatic carbocycles. The summed E-state index contributed by atoms with van der Waals surface area (Å²) in [6.45, 7) is 0.435. The minimum atomic E-state index is -1.02. The van der Waals surface area contributed by atoms with E-state index in [9.17, 15) is 9.59 Å². The molecule has 2 aliphatic rings. The van der Waals surface area contributed by atoms with E-state index in [2.05, 4.69) is 0 Å². The fourth-order valence-electron chi connectivity index (χ4n) is 3.64. The molecule has 0 aromatic heterocycles. The van der Waals surface area contributed by atoms with Crippen molar-refractivity contribution >= 4 is 11.9 Å². The van der Waals surface area contributed by atoms with Gasteiger partial charge in [-0.15, -0.1) is 0 Å². The third-order valence-corrected chi connectivity index (χ3v) is 4.99. The van der Waals surface area contributed by atoms with Gasteiger partial charge in [0.15, 0.2) is 18.5 Å². The molecule has 6 heteroatoms. The molecule has 27 heavy (non-hydrogen) atoms. The van der Waals surface area contributed by atoms with Crippen molar-refractivity contribution < 1.29 is 23.8 Å². The van der Waals surface area contributed by atoms with Crippen molar-refractivity contribution in [1.82, 2.24) is 4.90 Å². The highest BCUT2D eigenvalue weighted by Crippen LogP contribution is 2.34. The Morgan fingerprint density at radius 2 is 1.63 bits per heavy atom. The summed E-state index contributed by atoms with van der Waals surface area (Å²) >= 11 is 0. The Labute approximate surface area is 157 Å². The first-order valence-electron chi connectivity index (χ1n) is 8.94. The van der Waals surface area contributed by atoms with Crippen LogP contribution < -0.4 is 0 Å². The number of carbonyl (C=O) groups excluding carboxylic acids is 2. The minimum absolute atomic E-state index is 0.246. The molecular weight excluding hydrogens is 346 g/mol. The van der Waals surface area contributed by atoms with E-state index in [1.54, 1.807) is 4.90 Å². The Balaban J connectivity index is 1.64.